The quantitative estimate of drug-likeness (QED) is 0.720. The summed E-state index contributed by atoms with van der Waals surface area (Å²) in [5.74, 6) is 1.47. The van der Waals surface area contributed by atoms with E-state index in [0.717, 1.165) is 42.2 Å². The fourth-order valence-electron chi connectivity index (χ4n) is 2.84. The van der Waals surface area contributed by atoms with E-state index in [1.807, 2.05) is 18.2 Å². The van der Waals surface area contributed by atoms with Gasteiger partial charge in [-0.25, -0.2) is 4.98 Å². The molecule has 102 valence electrons. The van der Waals surface area contributed by atoms with Crippen LogP contribution in [0.25, 0.3) is 11.0 Å². The van der Waals surface area contributed by atoms with Crippen LogP contribution in [0.4, 0.5) is 11.6 Å². The Bertz CT molecular complexity index is 576. The highest BCUT2D eigenvalue weighted by Gasteiger charge is 2.24. The van der Waals surface area contributed by atoms with Crippen molar-refractivity contribution in [1.29, 1.82) is 0 Å². The van der Waals surface area contributed by atoms with Crippen molar-refractivity contribution in [2.24, 2.45) is 5.92 Å². The smallest absolute Gasteiger partial charge is 0.201 e. The molecule has 0 spiro atoms. The number of anilines is 2. The van der Waals surface area contributed by atoms with Gasteiger partial charge in [-0.2, -0.15) is 0 Å². The number of hydrogen-bond donors (Lipinski definition) is 3. The van der Waals surface area contributed by atoms with Gasteiger partial charge >= 0.3 is 0 Å². The molecule has 0 saturated carbocycles. The largest absolute Gasteiger partial charge is 0.399 e. The molecule has 5 nitrogen and oxygen atoms in total. The molecule has 2 aromatic rings. The number of benzene rings is 1. The molecule has 0 radical (unpaired) electrons. The van der Waals surface area contributed by atoms with Crippen LogP contribution < -0.4 is 11.1 Å². The van der Waals surface area contributed by atoms with Crippen molar-refractivity contribution < 1.29 is 0 Å². The molecule has 0 bridgehead atoms. The molecule has 1 aliphatic heterocycles. The normalized spacial score (nSPS) is 24.7. The van der Waals surface area contributed by atoms with Crippen molar-refractivity contribution in [1.82, 2.24) is 14.9 Å². The van der Waals surface area contributed by atoms with Gasteiger partial charge in [-0.1, -0.05) is 6.92 Å². The first kappa shape index (κ1) is 12.3. The number of likely N-dealkylation sites (tertiary alicyclic amines) is 1. The molecule has 1 aliphatic rings. The Balaban J connectivity index is 1.77. The van der Waals surface area contributed by atoms with Gasteiger partial charge in [0.25, 0.3) is 0 Å². The molecule has 2 unspecified atom stereocenters. The Kier molecular flexibility index (Phi) is 3.06. The van der Waals surface area contributed by atoms with Gasteiger partial charge in [-0.15, -0.1) is 0 Å². The van der Waals surface area contributed by atoms with Crippen molar-refractivity contribution in [2.45, 2.75) is 19.4 Å². The van der Waals surface area contributed by atoms with Crippen molar-refractivity contribution in [2.75, 3.05) is 31.2 Å². The lowest BCUT2D eigenvalue weighted by Gasteiger charge is -2.35. The molecular weight excluding hydrogens is 238 g/mol. The summed E-state index contributed by atoms with van der Waals surface area (Å²) in [5, 5.41) is 3.53. The fourth-order valence-corrected chi connectivity index (χ4v) is 2.84. The minimum atomic E-state index is 0.481. The van der Waals surface area contributed by atoms with Crippen LogP contribution in [0.3, 0.4) is 0 Å². The van der Waals surface area contributed by atoms with Crippen LogP contribution in [0.2, 0.25) is 0 Å². The Hall–Kier alpha value is -1.75. The van der Waals surface area contributed by atoms with E-state index in [2.05, 4.69) is 34.2 Å². The number of nitrogens with zero attached hydrogens (tertiary/aromatic N) is 2. The van der Waals surface area contributed by atoms with Crippen LogP contribution in [0.1, 0.15) is 13.3 Å². The third kappa shape index (κ3) is 2.51. The second-order valence-electron chi connectivity index (χ2n) is 5.64. The molecule has 1 saturated heterocycles. The number of imidazole rings is 1. The number of nitrogens with one attached hydrogen (secondary N) is 2. The van der Waals surface area contributed by atoms with E-state index in [1.165, 1.54) is 0 Å². The standard InChI is InChI=1S/C14H21N5/c1-9-8-19(2)6-5-11(9)16-14-17-12-4-3-10(15)7-13(12)18-14/h3-4,7,9,11H,5-6,8,15H2,1-2H3,(H2,16,17,18). The van der Waals surface area contributed by atoms with E-state index >= 15 is 0 Å². The first-order chi connectivity index (χ1) is 9.11. The number of H-pyrrole nitrogens is 1. The third-order valence-corrected chi connectivity index (χ3v) is 3.94. The van der Waals surface area contributed by atoms with Crippen LogP contribution in [-0.4, -0.2) is 41.0 Å². The van der Waals surface area contributed by atoms with Crippen LogP contribution in [0.15, 0.2) is 18.2 Å². The van der Waals surface area contributed by atoms with Crippen LogP contribution >= 0.6 is 0 Å². The van der Waals surface area contributed by atoms with E-state index in [9.17, 15) is 0 Å². The van der Waals surface area contributed by atoms with E-state index in [1.54, 1.807) is 0 Å². The molecule has 4 N–H and O–H groups in total. The lowest BCUT2D eigenvalue weighted by Crippen LogP contribution is -2.43. The average Bonchev–Trinajstić information content (AvgIpc) is 2.74. The highest BCUT2D eigenvalue weighted by Crippen LogP contribution is 2.22. The minimum Gasteiger partial charge on any atom is -0.399 e. The van der Waals surface area contributed by atoms with Gasteiger partial charge in [0, 0.05) is 18.3 Å². The summed E-state index contributed by atoms with van der Waals surface area (Å²) in [6, 6.07) is 6.23. The second kappa shape index (κ2) is 4.74. The SMILES string of the molecule is CC1CN(C)CCC1Nc1nc2ccc(N)cc2[nH]1. The Labute approximate surface area is 113 Å². The number of aromatic amines is 1. The van der Waals surface area contributed by atoms with Gasteiger partial charge < -0.3 is 20.9 Å². The zero-order valence-corrected chi connectivity index (χ0v) is 11.5. The molecule has 5 heteroatoms. The monoisotopic (exact) mass is 259 g/mol. The van der Waals surface area contributed by atoms with Gasteiger partial charge in [-0.3, -0.25) is 0 Å². The highest BCUT2D eigenvalue weighted by atomic mass is 15.2. The minimum absolute atomic E-state index is 0.481. The van der Waals surface area contributed by atoms with Crippen molar-refractivity contribution in [3.8, 4) is 0 Å². The predicted octanol–water partition coefficient (Wildman–Crippen LogP) is 1.90. The molecule has 0 aliphatic carbocycles. The molecule has 1 aromatic carbocycles. The lowest BCUT2D eigenvalue weighted by molar-refractivity contribution is 0.206. The number of fused-ring (bicyclic) bond motifs is 1. The Morgan fingerprint density at radius 2 is 2.32 bits per heavy atom. The lowest BCUT2D eigenvalue weighted by atomic mass is 9.94. The maximum Gasteiger partial charge on any atom is 0.201 e. The number of nitrogen functional groups attached to an aromatic ring is 1. The third-order valence-electron chi connectivity index (χ3n) is 3.94. The number of piperidine rings is 1. The van der Waals surface area contributed by atoms with Crippen molar-refractivity contribution in [3.05, 3.63) is 18.2 Å². The van der Waals surface area contributed by atoms with Crippen molar-refractivity contribution >= 4 is 22.7 Å². The van der Waals surface area contributed by atoms with Gasteiger partial charge in [0.05, 0.1) is 11.0 Å². The van der Waals surface area contributed by atoms with Crippen LogP contribution in [-0.2, 0) is 0 Å². The summed E-state index contributed by atoms with van der Waals surface area (Å²) in [6.07, 6.45) is 1.15. The molecule has 2 heterocycles. The van der Waals surface area contributed by atoms with E-state index in [0.29, 0.717) is 12.0 Å². The molecule has 1 fully saturated rings. The second-order valence-corrected chi connectivity index (χ2v) is 5.64. The molecule has 19 heavy (non-hydrogen) atoms. The van der Waals surface area contributed by atoms with E-state index in [-0.39, 0.29) is 0 Å². The van der Waals surface area contributed by atoms with Crippen molar-refractivity contribution in [3.63, 3.8) is 0 Å². The topological polar surface area (TPSA) is 70.0 Å². The highest BCUT2D eigenvalue weighted by molar-refractivity contribution is 5.80. The van der Waals surface area contributed by atoms with Gasteiger partial charge in [0.2, 0.25) is 5.95 Å². The fraction of sp³-hybridized carbons (Fsp3) is 0.500. The predicted molar refractivity (Wildman–Crippen MR) is 79.2 cm³/mol. The first-order valence-corrected chi connectivity index (χ1v) is 6.82. The summed E-state index contributed by atoms with van der Waals surface area (Å²) in [7, 11) is 2.18. The van der Waals surface area contributed by atoms with E-state index < -0.39 is 0 Å². The van der Waals surface area contributed by atoms with Crippen LogP contribution in [0.5, 0.6) is 0 Å². The summed E-state index contributed by atoms with van der Waals surface area (Å²) < 4.78 is 0. The maximum atomic E-state index is 5.78. The Morgan fingerprint density at radius 3 is 3.11 bits per heavy atom. The molecule has 1 aromatic heterocycles. The number of rotatable bonds is 2. The van der Waals surface area contributed by atoms with Gasteiger partial charge in [-0.05, 0) is 44.1 Å². The number of aromatic nitrogens is 2. The summed E-state index contributed by atoms with van der Waals surface area (Å²) in [5.41, 5.74) is 8.49. The zero-order valence-electron chi connectivity index (χ0n) is 11.5. The maximum absolute atomic E-state index is 5.78. The summed E-state index contributed by atoms with van der Waals surface area (Å²) in [4.78, 5) is 10.2. The summed E-state index contributed by atoms with van der Waals surface area (Å²) in [6.45, 7) is 4.55. The zero-order chi connectivity index (χ0) is 13.4. The van der Waals surface area contributed by atoms with Crippen LogP contribution in [0, 0.1) is 5.92 Å². The average molecular weight is 259 g/mol. The van der Waals surface area contributed by atoms with E-state index in [4.69, 9.17) is 5.73 Å². The number of nitrogens with two attached hydrogens (primary N) is 1. The molecule has 2 atom stereocenters. The molecular formula is C14H21N5. The molecule has 3 rings (SSSR count). The Morgan fingerprint density at radius 1 is 1.47 bits per heavy atom. The number of hydrogen-bond acceptors (Lipinski definition) is 4. The van der Waals surface area contributed by atoms with Gasteiger partial charge in [0.1, 0.15) is 0 Å². The first-order valence-electron chi connectivity index (χ1n) is 6.82. The van der Waals surface area contributed by atoms with Gasteiger partial charge in [0.15, 0.2) is 0 Å². The molecule has 0 amide bonds. The summed E-state index contributed by atoms with van der Waals surface area (Å²) >= 11 is 0.